The van der Waals surface area contributed by atoms with Crippen molar-refractivity contribution in [3.63, 3.8) is 0 Å². The Morgan fingerprint density at radius 3 is 2.58 bits per heavy atom. The second-order valence-electron chi connectivity index (χ2n) is 8.43. The molecule has 2 unspecified atom stereocenters. The standard InChI is InChI=1S/C18H15N3O5/c22-9-1-10-12-13(14(9)26-10)16(25)21(15(12)24)6-11(23)19-17-2-7-4-20-5-8(3-17)18(7,17)20/h1,7-8,22H,2-6H2,(H,19,23). The Hall–Kier alpha value is -2.61. The van der Waals surface area contributed by atoms with Crippen molar-refractivity contribution in [2.45, 2.75) is 23.9 Å². The van der Waals surface area contributed by atoms with Gasteiger partial charge in [0.05, 0.1) is 16.6 Å². The summed E-state index contributed by atoms with van der Waals surface area (Å²) in [5, 5.41) is 12.9. The van der Waals surface area contributed by atoms with E-state index in [2.05, 4.69) is 10.2 Å². The third-order valence-corrected chi connectivity index (χ3v) is 7.64. The van der Waals surface area contributed by atoms with Gasteiger partial charge in [-0.05, 0) is 24.7 Å². The first-order valence-electron chi connectivity index (χ1n) is 8.96. The van der Waals surface area contributed by atoms with E-state index in [1.165, 1.54) is 6.07 Å². The maximum atomic E-state index is 12.6. The van der Waals surface area contributed by atoms with Crippen molar-refractivity contribution >= 4 is 28.9 Å². The van der Waals surface area contributed by atoms with Crippen LogP contribution < -0.4 is 5.32 Å². The van der Waals surface area contributed by atoms with E-state index < -0.39 is 11.8 Å². The number of imide groups is 1. The molecule has 2 aromatic rings. The summed E-state index contributed by atoms with van der Waals surface area (Å²) in [4.78, 5) is 41.2. The SMILES string of the molecule is O=C(CN1C(=O)c2c(c3oc2cc3O)C1=O)NC12CC3CN4CC(C1)C342. The molecular weight excluding hydrogens is 338 g/mol. The summed E-state index contributed by atoms with van der Waals surface area (Å²) in [6.45, 7) is 1.99. The zero-order chi connectivity index (χ0) is 17.6. The average molecular weight is 353 g/mol. The predicted octanol–water partition coefficient (Wildman–Crippen LogP) is 0.135. The Morgan fingerprint density at radius 2 is 1.92 bits per heavy atom. The maximum Gasteiger partial charge on any atom is 0.266 e. The van der Waals surface area contributed by atoms with E-state index >= 15 is 0 Å². The molecule has 1 spiro atoms. The highest BCUT2D eigenvalue weighted by atomic mass is 16.4. The fourth-order valence-corrected chi connectivity index (χ4v) is 6.82. The van der Waals surface area contributed by atoms with E-state index in [-0.39, 0.29) is 51.6 Å². The van der Waals surface area contributed by atoms with Crippen molar-refractivity contribution in [2.24, 2.45) is 11.8 Å². The lowest BCUT2D eigenvalue weighted by Crippen LogP contribution is -3.04. The molecule has 0 aromatic carbocycles. The molecule has 4 fully saturated rings. The van der Waals surface area contributed by atoms with Gasteiger partial charge in [0, 0.05) is 19.2 Å². The van der Waals surface area contributed by atoms with E-state index in [1.807, 2.05) is 0 Å². The highest BCUT2D eigenvalue weighted by Crippen LogP contribution is 2.77. The second-order valence-corrected chi connectivity index (χ2v) is 8.43. The number of rotatable bonds is 3. The topological polar surface area (TPSA) is 103 Å². The minimum atomic E-state index is -0.577. The molecule has 8 heteroatoms. The van der Waals surface area contributed by atoms with Crippen LogP contribution in [0.1, 0.15) is 33.6 Å². The van der Waals surface area contributed by atoms with Crippen LogP contribution in [0.5, 0.6) is 5.75 Å². The Balaban J connectivity index is 1.14. The smallest absolute Gasteiger partial charge is 0.266 e. The van der Waals surface area contributed by atoms with Crippen molar-refractivity contribution in [2.75, 3.05) is 19.6 Å². The van der Waals surface area contributed by atoms with E-state index in [0.717, 1.165) is 30.8 Å². The highest BCUT2D eigenvalue weighted by molar-refractivity contribution is 6.29. The first-order valence-corrected chi connectivity index (χ1v) is 8.96. The monoisotopic (exact) mass is 353 g/mol. The zero-order valence-corrected chi connectivity index (χ0v) is 13.7. The molecular formula is C18H15N3O5. The number of aromatic hydroxyl groups is 1. The average Bonchev–Trinajstić information content (AvgIpc) is 3.14. The summed E-state index contributed by atoms with van der Waals surface area (Å²) in [6, 6.07) is 1.33. The molecule has 3 aliphatic heterocycles. The molecule has 2 N–H and O–H groups in total. The van der Waals surface area contributed by atoms with Gasteiger partial charge in [0.2, 0.25) is 5.91 Å². The molecule has 8 nitrogen and oxygen atoms in total. The fourth-order valence-electron chi connectivity index (χ4n) is 6.82. The van der Waals surface area contributed by atoms with Crippen LogP contribution in [-0.4, -0.2) is 63.3 Å². The Morgan fingerprint density at radius 1 is 1.23 bits per heavy atom. The van der Waals surface area contributed by atoms with Crippen LogP contribution in [0, 0.1) is 11.8 Å². The van der Waals surface area contributed by atoms with Crippen LogP contribution in [0.2, 0.25) is 0 Å². The lowest BCUT2D eigenvalue weighted by molar-refractivity contribution is -0.384. The number of benzene rings is 1. The van der Waals surface area contributed by atoms with Gasteiger partial charge in [-0.3, -0.25) is 24.2 Å². The van der Waals surface area contributed by atoms with Gasteiger partial charge in [0.1, 0.15) is 17.7 Å². The van der Waals surface area contributed by atoms with E-state index in [4.69, 9.17) is 4.42 Å². The lowest BCUT2D eigenvalue weighted by atomic mass is 9.29. The van der Waals surface area contributed by atoms with Crippen molar-refractivity contribution in [1.82, 2.24) is 15.1 Å². The summed E-state index contributed by atoms with van der Waals surface area (Å²) < 4.78 is 5.27. The molecule has 2 saturated carbocycles. The molecule has 5 heterocycles. The molecule has 2 aliphatic carbocycles. The summed E-state index contributed by atoms with van der Waals surface area (Å²) >= 11 is 0. The van der Waals surface area contributed by atoms with Gasteiger partial charge < -0.3 is 14.8 Å². The number of piperidine rings is 3. The van der Waals surface area contributed by atoms with Gasteiger partial charge in [-0.15, -0.1) is 0 Å². The van der Waals surface area contributed by atoms with E-state index in [1.54, 1.807) is 0 Å². The Kier molecular flexibility index (Phi) is 1.88. The molecule has 3 amide bonds. The molecule has 0 radical (unpaired) electrons. The number of nitrogens with zero attached hydrogens (tertiary/aromatic N) is 2. The van der Waals surface area contributed by atoms with E-state index in [9.17, 15) is 19.5 Å². The number of carbonyl (C=O) groups excluding carboxylic acids is 3. The van der Waals surface area contributed by atoms with Crippen molar-refractivity contribution in [3.05, 3.63) is 17.2 Å². The third-order valence-electron chi connectivity index (χ3n) is 7.64. The quantitative estimate of drug-likeness (QED) is 0.761. The molecule has 2 aromatic heterocycles. The van der Waals surface area contributed by atoms with Gasteiger partial charge in [0.25, 0.3) is 11.8 Å². The molecule has 2 atom stereocenters. The number of furan rings is 2. The van der Waals surface area contributed by atoms with Crippen molar-refractivity contribution in [3.8, 4) is 5.75 Å². The predicted molar refractivity (Wildman–Crippen MR) is 85.8 cm³/mol. The number of phenols is 1. The minimum absolute atomic E-state index is 0.0250. The molecule has 132 valence electrons. The van der Waals surface area contributed by atoms with Crippen LogP contribution in [0.25, 0.3) is 11.2 Å². The molecule has 26 heavy (non-hydrogen) atoms. The minimum Gasteiger partial charge on any atom is -0.504 e. The molecule has 2 bridgehead atoms. The number of carbonyl (C=O) groups is 3. The maximum absolute atomic E-state index is 12.6. The largest absolute Gasteiger partial charge is 0.504 e. The van der Waals surface area contributed by atoms with Crippen molar-refractivity contribution in [1.29, 1.82) is 0 Å². The number of hydrogen-bond acceptors (Lipinski definition) is 6. The number of hydrogen-bond donors (Lipinski definition) is 2. The van der Waals surface area contributed by atoms with Crippen LogP contribution in [0.15, 0.2) is 10.5 Å². The second kappa shape index (κ2) is 3.59. The van der Waals surface area contributed by atoms with Gasteiger partial charge in [-0.25, -0.2) is 0 Å². The zero-order valence-electron chi connectivity index (χ0n) is 13.7. The van der Waals surface area contributed by atoms with Gasteiger partial charge in [0.15, 0.2) is 11.3 Å². The fraction of sp³-hybridized carbons (Fsp3) is 0.500. The lowest BCUT2D eigenvalue weighted by Gasteiger charge is -2.91. The first kappa shape index (κ1) is 13.6. The summed E-state index contributed by atoms with van der Waals surface area (Å²) in [7, 11) is 0. The Labute approximate surface area is 147 Å². The first-order chi connectivity index (χ1) is 12.5. The number of fused-ring (bicyclic) bond motifs is 5. The highest BCUT2D eigenvalue weighted by Gasteiger charge is 2.88. The van der Waals surface area contributed by atoms with Crippen LogP contribution in [-0.2, 0) is 4.79 Å². The summed E-state index contributed by atoms with van der Waals surface area (Å²) in [5.41, 5.74) is 0.487. The number of amides is 3. The van der Waals surface area contributed by atoms with E-state index in [0.29, 0.717) is 11.8 Å². The Bertz CT molecular complexity index is 1040. The number of nitrogens with one attached hydrogen (secondary N) is 1. The molecule has 5 aliphatic rings. The summed E-state index contributed by atoms with van der Waals surface area (Å²) in [5.74, 6) is -0.154. The number of phenolic OH excluding ortho intramolecular Hbond substituents is 1. The molecule has 2 saturated heterocycles. The van der Waals surface area contributed by atoms with Crippen molar-refractivity contribution < 1.29 is 23.9 Å². The van der Waals surface area contributed by atoms with Gasteiger partial charge >= 0.3 is 0 Å². The van der Waals surface area contributed by atoms with Crippen LogP contribution in [0.3, 0.4) is 0 Å². The summed E-state index contributed by atoms with van der Waals surface area (Å²) in [6.07, 6.45) is 2.01. The molecule has 7 rings (SSSR count). The van der Waals surface area contributed by atoms with Gasteiger partial charge in [-0.1, -0.05) is 0 Å². The van der Waals surface area contributed by atoms with Gasteiger partial charge in [-0.2, -0.15) is 0 Å². The van der Waals surface area contributed by atoms with Crippen LogP contribution in [0.4, 0.5) is 0 Å². The normalized spacial score (nSPS) is 38.8. The third kappa shape index (κ3) is 1.06. The van der Waals surface area contributed by atoms with Crippen LogP contribution >= 0.6 is 0 Å².